The molecule has 0 aromatic heterocycles. The van der Waals surface area contributed by atoms with Crippen molar-refractivity contribution in [3.63, 3.8) is 0 Å². The molecule has 0 radical (unpaired) electrons. The van der Waals surface area contributed by atoms with Gasteiger partial charge in [-0.2, -0.15) is 16.5 Å². The Morgan fingerprint density at radius 3 is 2.19 bits per heavy atom. The molecule has 0 bridgehead atoms. The van der Waals surface area contributed by atoms with Gasteiger partial charge in [0.2, 0.25) is 15.9 Å². The zero-order valence-corrected chi connectivity index (χ0v) is 19.8. The minimum Gasteiger partial charge on any atom is -0.355 e. The number of carbonyl (C=O) groups is 1. The summed E-state index contributed by atoms with van der Waals surface area (Å²) in [4.78, 5) is 12.7. The van der Waals surface area contributed by atoms with Crippen LogP contribution < -0.4 is 10.0 Å². The molecular weight excluding hydrogens is 456 g/mol. The van der Waals surface area contributed by atoms with Crippen LogP contribution in [0.25, 0.3) is 0 Å². The Kier molecular flexibility index (Phi) is 10.0. The molecule has 1 atom stereocenters. The van der Waals surface area contributed by atoms with Crippen LogP contribution >= 0.6 is 11.8 Å². The van der Waals surface area contributed by atoms with Gasteiger partial charge in [0.25, 0.3) is 0 Å². The highest BCUT2D eigenvalue weighted by Gasteiger charge is 2.25. The third-order valence-electron chi connectivity index (χ3n) is 4.44. The van der Waals surface area contributed by atoms with E-state index in [-0.39, 0.29) is 29.4 Å². The lowest BCUT2D eigenvalue weighted by Gasteiger charge is -2.18. The maximum Gasteiger partial charge on any atom is 0.241 e. The van der Waals surface area contributed by atoms with Crippen LogP contribution in [-0.4, -0.2) is 53.1 Å². The number of hydrogen-bond acceptors (Lipinski definition) is 6. The number of rotatable bonds is 13. The molecule has 10 heteroatoms. The number of hydrogen-bond donors (Lipinski definition) is 2. The van der Waals surface area contributed by atoms with Crippen LogP contribution in [-0.2, 0) is 30.4 Å². The summed E-state index contributed by atoms with van der Waals surface area (Å²) in [6, 6.07) is 15.8. The predicted molar refractivity (Wildman–Crippen MR) is 125 cm³/mol. The number of amides is 1. The molecule has 0 aliphatic heterocycles. The van der Waals surface area contributed by atoms with Crippen molar-refractivity contribution in [1.29, 1.82) is 0 Å². The highest BCUT2D eigenvalue weighted by molar-refractivity contribution is 7.98. The SMILES string of the molecule is CSCCC(NS(=O)(=O)c1ccccc1)C(=O)NCCCS(=O)(=O)Cc1ccccc1. The Morgan fingerprint density at radius 1 is 0.968 bits per heavy atom. The quantitative estimate of drug-likeness (QED) is 0.422. The first-order chi connectivity index (χ1) is 14.7. The second kappa shape index (κ2) is 12.2. The van der Waals surface area contributed by atoms with Crippen molar-refractivity contribution >= 4 is 37.5 Å². The fraction of sp³-hybridized carbons (Fsp3) is 0.381. The Balaban J connectivity index is 1.89. The van der Waals surface area contributed by atoms with Crippen LogP contribution in [0, 0.1) is 0 Å². The normalized spacial score (nSPS) is 12.9. The van der Waals surface area contributed by atoms with Crippen LogP contribution in [0.2, 0.25) is 0 Å². The smallest absolute Gasteiger partial charge is 0.241 e. The van der Waals surface area contributed by atoms with Gasteiger partial charge in [0, 0.05) is 6.54 Å². The van der Waals surface area contributed by atoms with Crippen molar-refractivity contribution in [2.24, 2.45) is 0 Å². The molecule has 0 heterocycles. The van der Waals surface area contributed by atoms with Gasteiger partial charge in [0.1, 0.15) is 6.04 Å². The van der Waals surface area contributed by atoms with Crippen molar-refractivity contribution in [3.05, 3.63) is 66.2 Å². The van der Waals surface area contributed by atoms with Gasteiger partial charge in [-0.1, -0.05) is 48.5 Å². The predicted octanol–water partition coefficient (Wildman–Crippen LogP) is 2.21. The molecule has 7 nitrogen and oxygen atoms in total. The lowest BCUT2D eigenvalue weighted by atomic mass is 10.2. The average Bonchev–Trinajstić information content (AvgIpc) is 2.75. The molecule has 2 rings (SSSR count). The third kappa shape index (κ3) is 9.02. The van der Waals surface area contributed by atoms with Crippen LogP contribution in [0.3, 0.4) is 0 Å². The standard InChI is InChI=1S/C21H28N2O5S3/c1-29-15-13-20(23-31(27,28)19-11-6-3-7-12-19)21(24)22-14-8-16-30(25,26)17-18-9-4-2-5-10-18/h2-7,9-12,20,23H,8,13-17H2,1H3,(H,22,24). The minimum atomic E-state index is -3.84. The number of carbonyl (C=O) groups excluding carboxylic acids is 1. The van der Waals surface area contributed by atoms with Crippen molar-refractivity contribution in [1.82, 2.24) is 10.0 Å². The molecule has 31 heavy (non-hydrogen) atoms. The molecule has 2 aromatic carbocycles. The fourth-order valence-corrected chi connectivity index (χ4v) is 6.01. The average molecular weight is 485 g/mol. The molecule has 0 saturated carbocycles. The zero-order valence-electron chi connectivity index (χ0n) is 17.4. The molecule has 2 N–H and O–H groups in total. The Bertz CT molecular complexity index is 1030. The van der Waals surface area contributed by atoms with Crippen molar-refractivity contribution in [2.45, 2.75) is 29.5 Å². The van der Waals surface area contributed by atoms with Gasteiger partial charge in [-0.15, -0.1) is 0 Å². The van der Waals surface area contributed by atoms with Crippen LogP contribution in [0.5, 0.6) is 0 Å². The van der Waals surface area contributed by atoms with E-state index in [2.05, 4.69) is 10.0 Å². The fourth-order valence-electron chi connectivity index (χ4n) is 2.86. The molecule has 1 amide bonds. The molecule has 0 saturated heterocycles. The van der Waals surface area contributed by atoms with Gasteiger partial charge in [0.05, 0.1) is 16.4 Å². The summed E-state index contributed by atoms with van der Waals surface area (Å²) < 4.78 is 52.1. The van der Waals surface area contributed by atoms with Gasteiger partial charge in [-0.25, -0.2) is 16.8 Å². The molecule has 0 aliphatic rings. The second-order valence-corrected chi connectivity index (χ2v) is 11.9. The Labute approximate surface area is 189 Å². The van der Waals surface area contributed by atoms with Crippen LogP contribution in [0.15, 0.2) is 65.6 Å². The van der Waals surface area contributed by atoms with E-state index < -0.39 is 31.8 Å². The lowest BCUT2D eigenvalue weighted by molar-refractivity contribution is -0.122. The van der Waals surface area contributed by atoms with E-state index in [1.54, 1.807) is 42.5 Å². The monoisotopic (exact) mass is 484 g/mol. The number of thioether (sulfide) groups is 1. The number of nitrogens with one attached hydrogen (secondary N) is 2. The third-order valence-corrected chi connectivity index (χ3v) is 8.25. The van der Waals surface area contributed by atoms with Gasteiger partial charge < -0.3 is 5.32 Å². The number of sulfone groups is 1. The summed E-state index contributed by atoms with van der Waals surface area (Å²) in [6.07, 6.45) is 2.45. The zero-order chi connectivity index (χ0) is 22.7. The van der Waals surface area contributed by atoms with Gasteiger partial charge in [0.15, 0.2) is 9.84 Å². The largest absolute Gasteiger partial charge is 0.355 e. The van der Waals surface area contributed by atoms with E-state index in [9.17, 15) is 21.6 Å². The maximum atomic E-state index is 12.6. The van der Waals surface area contributed by atoms with Crippen molar-refractivity contribution < 1.29 is 21.6 Å². The highest BCUT2D eigenvalue weighted by atomic mass is 32.2. The molecule has 1 unspecified atom stereocenters. The van der Waals surface area contributed by atoms with E-state index in [4.69, 9.17) is 0 Å². The maximum absolute atomic E-state index is 12.6. The van der Waals surface area contributed by atoms with Crippen LogP contribution in [0.1, 0.15) is 18.4 Å². The highest BCUT2D eigenvalue weighted by Crippen LogP contribution is 2.11. The Morgan fingerprint density at radius 2 is 1.58 bits per heavy atom. The van der Waals surface area contributed by atoms with Crippen molar-refractivity contribution in [3.8, 4) is 0 Å². The summed E-state index contributed by atoms with van der Waals surface area (Å²) in [5.41, 5.74) is 0.721. The summed E-state index contributed by atoms with van der Waals surface area (Å²) in [6.45, 7) is 0.148. The molecular formula is C21H28N2O5S3. The van der Waals surface area contributed by atoms with Gasteiger partial charge >= 0.3 is 0 Å². The van der Waals surface area contributed by atoms with E-state index in [1.165, 1.54) is 23.9 Å². The number of sulfonamides is 1. The first kappa shape index (κ1) is 25.4. The molecule has 2 aromatic rings. The first-order valence-electron chi connectivity index (χ1n) is 9.82. The molecule has 170 valence electrons. The molecule has 0 aliphatic carbocycles. The van der Waals surface area contributed by atoms with E-state index in [0.29, 0.717) is 12.2 Å². The number of benzene rings is 2. The summed E-state index contributed by atoms with van der Waals surface area (Å²) >= 11 is 1.51. The van der Waals surface area contributed by atoms with E-state index in [1.807, 2.05) is 12.3 Å². The van der Waals surface area contributed by atoms with Gasteiger partial charge in [-0.3, -0.25) is 4.79 Å². The van der Waals surface area contributed by atoms with E-state index >= 15 is 0 Å². The van der Waals surface area contributed by atoms with E-state index in [0.717, 1.165) is 5.56 Å². The van der Waals surface area contributed by atoms with Crippen LogP contribution in [0.4, 0.5) is 0 Å². The van der Waals surface area contributed by atoms with Crippen molar-refractivity contribution in [2.75, 3.05) is 24.3 Å². The molecule has 0 fully saturated rings. The minimum absolute atomic E-state index is 0.0466. The van der Waals surface area contributed by atoms with Gasteiger partial charge in [-0.05, 0) is 42.5 Å². The lowest BCUT2D eigenvalue weighted by Crippen LogP contribution is -2.47. The Hall–Kier alpha value is -1.88. The topological polar surface area (TPSA) is 109 Å². The summed E-state index contributed by atoms with van der Waals surface area (Å²) in [5.74, 6) is 0.0255. The summed E-state index contributed by atoms with van der Waals surface area (Å²) in [7, 11) is -7.14. The summed E-state index contributed by atoms with van der Waals surface area (Å²) in [5, 5.41) is 2.66. The molecule has 0 spiro atoms. The second-order valence-electron chi connectivity index (χ2n) is 6.99. The first-order valence-corrected chi connectivity index (χ1v) is 14.5.